The van der Waals surface area contributed by atoms with Crippen LogP contribution in [0.1, 0.15) is 46.5 Å². The molecule has 0 spiro atoms. The maximum absolute atomic E-state index is 11.8. The van der Waals surface area contributed by atoms with E-state index in [1.807, 2.05) is 0 Å². The number of hydrogen-bond donors (Lipinski definition) is 0. The van der Waals surface area contributed by atoms with Crippen LogP contribution in [-0.4, -0.2) is 17.7 Å². The minimum absolute atomic E-state index is 0.135. The Hall–Kier alpha value is -1.32. The second kappa shape index (κ2) is 4.17. The Bertz CT molecular complexity index is 360. The van der Waals surface area contributed by atoms with Crippen LogP contribution in [0, 0.1) is 5.92 Å². The third kappa shape index (κ3) is 2.51. The molecule has 17 heavy (non-hydrogen) atoms. The number of carbonyl (C=O) groups excluding carboxylic acids is 2. The maximum Gasteiger partial charge on any atom is 0.348 e. The molecule has 0 radical (unpaired) electrons. The number of esters is 2. The average Bonchev–Trinajstić information content (AvgIpc) is 2.18. The minimum atomic E-state index is -1.14. The van der Waals surface area contributed by atoms with Crippen molar-refractivity contribution >= 4 is 11.9 Å². The van der Waals surface area contributed by atoms with Crippen LogP contribution >= 0.6 is 0 Å². The van der Waals surface area contributed by atoms with Crippen LogP contribution in [0.5, 0.6) is 0 Å². The zero-order valence-corrected chi connectivity index (χ0v) is 10.5. The fraction of sp³-hybridized carbons (Fsp3) is 0.692. The van der Waals surface area contributed by atoms with Crippen molar-refractivity contribution in [3.05, 3.63) is 11.1 Å². The first-order valence-electron chi connectivity index (χ1n) is 6.08. The van der Waals surface area contributed by atoms with Crippen molar-refractivity contribution < 1.29 is 19.1 Å². The Morgan fingerprint density at radius 3 is 2.00 bits per heavy atom. The lowest BCUT2D eigenvalue weighted by Gasteiger charge is -2.32. The zero-order valence-electron chi connectivity index (χ0n) is 10.5. The molecule has 1 saturated carbocycles. The number of rotatable bonds is 0. The summed E-state index contributed by atoms with van der Waals surface area (Å²) < 4.78 is 10.2. The van der Waals surface area contributed by atoms with Crippen LogP contribution in [0.4, 0.5) is 0 Å². The highest BCUT2D eigenvalue weighted by molar-refractivity contribution is 6.16. The molecule has 0 aromatic rings. The highest BCUT2D eigenvalue weighted by Gasteiger charge is 2.40. The van der Waals surface area contributed by atoms with Gasteiger partial charge in [0, 0.05) is 13.8 Å². The summed E-state index contributed by atoms with van der Waals surface area (Å²) in [6, 6.07) is 0. The summed E-state index contributed by atoms with van der Waals surface area (Å²) in [6.45, 7) is 5.31. The molecule has 1 saturated heterocycles. The summed E-state index contributed by atoms with van der Waals surface area (Å²) in [5.41, 5.74) is 1.03. The highest BCUT2D eigenvalue weighted by Crippen LogP contribution is 2.33. The molecule has 1 heterocycles. The van der Waals surface area contributed by atoms with Crippen LogP contribution in [-0.2, 0) is 19.1 Å². The van der Waals surface area contributed by atoms with Crippen LogP contribution in [0.2, 0.25) is 0 Å². The van der Waals surface area contributed by atoms with Crippen molar-refractivity contribution in [1.82, 2.24) is 0 Å². The number of hydrogen-bond acceptors (Lipinski definition) is 4. The van der Waals surface area contributed by atoms with E-state index in [4.69, 9.17) is 9.47 Å². The lowest BCUT2D eigenvalue weighted by molar-refractivity contribution is -0.222. The number of allylic oxidation sites excluding steroid dienone is 1. The lowest BCUT2D eigenvalue weighted by atomic mass is 9.84. The van der Waals surface area contributed by atoms with Gasteiger partial charge in [-0.15, -0.1) is 0 Å². The van der Waals surface area contributed by atoms with E-state index in [1.165, 1.54) is 0 Å². The number of carbonyl (C=O) groups is 2. The van der Waals surface area contributed by atoms with E-state index in [0.29, 0.717) is 5.92 Å². The van der Waals surface area contributed by atoms with E-state index in [1.54, 1.807) is 13.8 Å². The smallest absolute Gasteiger partial charge is 0.348 e. The van der Waals surface area contributed by atoms with Crippen molar-refractivity contribution in [3.8, 4) is 0 Å². The van der Waals surface area contributed by atoms with Gasteiger partial charge in [0.1, 0.15) is 5.57 Å². The van der Waals surface area contributed by atoms with Gasteiger partial charge in [0.2, 0.25) is 0 Å². The molecule has 4 heteroatoms. The van der Waals surface area contributed by atoms with Gasteiger partial charge in [0.25, 0.3) is 5.79 Å². The van der Waals surface area contributed by atoms with E-state index in [2.05, 4.69) is 6.92 Å². The van der Waals surface area contributed by atoms with E-state index in [0.717, 1.165) is 31.3 Å². The summed E-state index contributed by atoms with van der Waals surface area (Å²) in [7, 11) is 0. The topological polar surface area (TPSA) is 52.6 Å². The minimum Gasteiger partial charge on any atom is -0.419 e. The molecule has 94 valence electrons. The summed E-state index contributed by atoms with van der Waals surface area (Å²) in [6.07, 6.45) is 3.62. The van der Waals surface area contributed by atoms with Gasteiger partial charge in [-0.2, -0.15) is 0 Å². The average molecular weight is 238 g/mol. The van der Waals surface area contributed by atoms with Gasteiger partial charge in [0.05, 0.1) is 0 Å². The van der Waals surface area contributed by atoms with Crippen LogP contribution < -0.4 is 0 Å². The van der Waals surface area contributed by atoms with Gasteiger partial charge >= 0.3 is 11.9 Å². The quantitative estimate of drug-likeness (QED) is 0.369. The number of ether oxygens (including phenoxy) is 2. The monoisotopic (exact) mass is 238 g/mol. The molecule has 0 atom stereocenters. The standard InChI is InChI=1S/C13H18O4/c1-8-4-6-9(7-5-8)10-11(14)16-13(2,3)17-12(10)15/h8H,4-7H2,1-3H3. The Morgan fingerprint density at radius 2 is 1.53 bits per heavy atom. The van der Waals surface area contributed by atoms with Gasteiger partial charge in [-0.1, -0.05) is 6.92 Å². The predicted octanol–water partition coefficient (Wildman–Crippen LogP) is 2.33. The normalized spacial score (nSPS) is 28.8. The second-order valence-electron chi connectivity index (χ2n) is 5.34. The molecule has 0 aromatic heterocycles. The molecule has 2 fully saturated rings. The van der Waals surface area contributed by atoms with Crippen molar-refractivity contribution in [1.29, 1.82) is 0 Å². The van der Waals surface area contributed by atoms with E-state index in [-0.39, 0.29) is 5.57 Å². The van der Waals surface area contributed by atoms with E-state index >= 15 is 0 Å². The zero-order chi connectivity index (χ0) is 12.6. The maximum atomic E-state index is 11.8. The fourth-order valence-electron chi connectivity index (χ4n) is 2.30. The van der Waals surface area contributed by atoms with Crippen molar-refractivity contribution in [2.24, 2.45) is 5.92 Å². The molecule has 1 aliphatic heterocycles. The van der Waals surface area contributed by atoms with Crippen molar-refractivity contribution in [3.63, 3.8) is 0 Å². The van der Waals surface area contributed by atoms with Crippen LogP contribution in [0.3, 0.4) is 0 Å². The van der Waals surface area contributed by atoms with Gasteiger partial charge in [-0.05, 0) is 37.2 Å². The molecule has 0 N–H and O–H groups in total. The summed E-state index contributed by atoms with van der Waals surface area (Å²) in [5, 5.41) is 0. The Kier molecular flexibility index (Phi) is 2.98. The molecule has 0 aromatic carbocycles. The molecule has 2 aliphatic rings. The summed E-state index contributed by atoms with van der Waals surface area (Å²) >= 11 is 0. The first-order chi connectivity index (χ1) is 7.89. The molecular weight excluding hydrogens is 220 g/mol. The van der Waals surface area contributed by atoms with Gasteiger partial charge < -0.3 is 9.47 Å². The SMILES string of the molecule is CC1CCC(=C2C(=O)OC(C)(C)OC2=O)CC1. The van der Waals surface area contributed by atoms with E-state index < -0.39 is 17.7 Å². The molecular formula is C13H18O4. The molecule has 4 nitrogen and oxygen atoms in total. The molecule has 1 aliphatic carbocycles. The molecule has 0 amide bonds. The second-order valence-corrected chi connectivity index (χ2v) is 5.34. The van der Waals surface area contributed by atoms with E-state index in [9.17, 15) is 9.59 Å². The van der Waals surface area contributed by atoms with Crippen molar-refractivity contribution in [2.45, 2.75) is 52.2 Å². The first kappa shape index (κ1) is 12.1. The third-order valence-electron chi connectivity index (χ3n) is 3.32. The Balaban J connectivity index is 2.24. The Labute approximate surface area is 101 Å². The van der Waals surface area contributed by atoms with Gasteiger partial charge in [-0.25, -0.2) is 9.59 Å². The first-order valence-corrected chi connectivity index (χ1v) is 6.08. The van der Waals surface area contributed by atoms with Crippen LogP contribution in [0.15, 0.2) is 11.1 Å². The largest absolute Gasteiger partial charge is 0.419 e. The summed E-state index contributed by atoms with van der Waals surface area (Å²) in [5.74, 6) is -1.54. The summed E-state index contributed by atoms with van der Waals surface area (Å²) in [4.78, 5) is 23.6. The highest BCUT2D eigenvalue weighted by atomic mass is 16.7. The van der Waals surface area contributed by atoms with Crippen molar-refractivity contribution in [2.75, 3.05) is 0 Å². The molecule has 2 rings (SSSR count). The van der Waals surface area contributed by atoms with Gasteiger partial charge in [0.15, 0.2) is 0 Å². The molecule has 0 bridgehead atoms. The Morgan fingerprint density at radius 1 is 1.06 bits per heavy atom. The lowest BCUT2D eigenvalue weighted by Crippen LogP contribution is -2.42. The number of cyclic esters (lactones) is 2. The predicted molar refractivity (Wildman–Crippen MR) is 60.9 cm³/mol. The fourth-order valence-corrected chi connectivity index (χ4v) is 2.30. The van der Waals surface area contributed by atoms with Crippen LogP contribution in [0.25, 0.3) is 0 Å². The third-order valence-corrected chi connectivity index (χ3v) is 3.32. The van der Waals surface area contributed by atoms with Gasteiger partial charge in [-0.3, -0.25) is 0 Å². The molecule has 0 unspecified atom stereocenters.